The molecule has 1 unspecified atom stereocenters. The Morgan fingerprint density at radius 2 is 1.82 bits per heavy atom. The number of ketones is 1. The monoisotopic (exact) mass is 304 g/mol. The summed E-state index contributed by atoms with van der Waals surface area (Å²) >= 11 is 0. The highest BCUT2D eigenvalue weighted by Gasteiger charge is 2.21. The molecule has 0 radical (unpaired) electrons. The molecule has 1 aromatic rings. The number of allylic oxidation sites excluding steroid dienone is 2. The van der Waals surface area contributed by atoms with Gasteiger partial charge in [0, 0.05) is 12.0 Å². The van der Waals surface area contributed by atoms with Gasteiger partial charge in [-0.2, -0.15) is 0 Å². The minimum absolute atomic E-state index is 0.00986. The number of rotatable bonds is 6. The predicted molar refractivity (Wildman–Crippen MR) is 87.4 cm³/mol. The molecule has 0 heterocycles. The largest absolute Gasteiger partial charge is 0.507 e. The molecule has 0 saturated carbocycles. The van der Waals surface area contributed by atoms with E-state index in [1.807, 2.05) is 19.9 Å². The Morgan fingerprint density at radius 1 is 1.23 bits per heavy atom. The van der Waals surface area contributed by atoms with Gasteiger partial charge in [-0.15, -0.1) is 0 Å². The summed E-state index contributed by atoms with van der Waals surface area (Å²) < 4.78 is 0. The number of phenolic OH excluding ortho intramolecular Hbond substituents is 2. The van der Waals surface area contributed by atoms with E-state index in [0.717, 1.165) is 5.57 Å². The summed E-state index contributed by atoms with van der Waals surface area (Å²) in [5.74, 6) is -0.645. The average Bonchev–Trinajstić information content (AvgIpc) is 2.41. The maximum Gasteiger partial charge on any atom is 0.163 e. The summed E-state index contributed by atoms with van der Waals surface area (Å²) in [5.41, 5.74) is 2.49. The third-order valence-electron chi connectivity index (χ3n) is 3.53. The quantitative estimate of drug-likeness (QED) is 0.556. The number of aliphatic hydroxyl groups is 1. The first kappa shape index (κ1) is 18.0. The summed E-state index contributed by atoms with van der Waals surface area (Å²) in [7, 11) is 0. The molecule has 22 heavy (non-hydrogen) atoms. The SMILES string of the molecule is C=C(C)C(O)Cc1c(O)c(CC=C(C)C)cc(C(C)=O)c1O. The van der Waals surface area contributed by atoms with Crippen LogP contribution in [0.1, 0.15) is 49.2 Å². The van der Waals surface area contributed by atoms with Crippen LogP contribution in [0.3, 0.4) is 0 Å². The Bertz CT molecular complexity index is 622. The molecule has 0 aliphatic carbocycles. The fraction of sp³-hybridized carbons (Fsp3) is 0.389. The minimum atomic E-state index is -0.893. The second-order valence-electron chi connectivity index (χ2n) is 5.87. The number of Topliss-reactive ketones (excluding diaryl/α,β-unsaturated/α-hetero) is 1. The molecule has 0 fully saturated rings. The van der Waals surface area contributed by atoms with Crippen molar-refractivity contribution in [3.8, 4) is 11.5 Å². The van der Waals surface area contributed by atoms with E-state index in [1.54, 1.807) is 6.92 Å². The number of aromatic hydroxyl groups is 2. The third-order valence-corrected chi connectivity index (χ3v) is 3.53. The molecule has 3 N–H and O–H groups in total. The number of phenols is 2. The van der Waals surface area contributed by atoms with Crippen molar-refractivity contribution in [2.45, 2.75) is 46.6 Å². The van der Waals surface area contributed by atoms with Gasteiger partial charge in [-0.05, 0) is 45.7 Å². The summed E-state index contributed by atoms with van der Waals surface area (Å²) in [4.78, 5) is 11.7. The molecule has 0 aromatic heterocycles. The maximum absolute atomic E-state index is 11.7. The Balaban J connectivity index is 3.42. The lowest BCUT2D eigenvalue weighted by Gasteiger charge is -2.17. The van der Waals surface area contributed by atoms with Gasteiger partial charge < -0.3 is 15.3 Å². The van der Waals surface area contributed by atoms with Gasteiger partial charge in [-0.3, -0.25) is 4.79 Å². The molecule has 1 atom stereocenters. The number of aliphatic hydroxyl groups excluding tert-OH is 1. The topological polar surface area (TPSA) is 77.8 Å². The molecule has 0 aliphatic heterocycles. The van der Waals surface area contributed by atoms with Gasteiger partial charge in [0.05, 0.1) is 11.7 Å². The molecular formula is C18H24O4. The second kappa shape index (κ2) is 7.27. The van der Waals surface area contributed by atoms with Crippen molar-refractivity contribution in [1.29, 1.82) is 0 Å². The van der Waals surface area contributed by atoms with E-state index in [1.165, 1.54) is 13.0 Å². The molecule has 0 saturated heterocycles. The first-order valence-corrected chi connectivity index (χ1v) is 7.19. The van der Waals surface area contributed by atoms with Crippen molar-refractivity contribution in [1.82, 2.24) is 0 Å². The van der Waals surface area contributed by atoms with Crippen LogP contribution < -0.4 is 0 Å². The van der Waals surface area contributed by atoms with E-state index in [9.17, 15) is 20.1 Å². The summed E-state index contributed by atoms with van der Waals surface area (Å²) in [6.45, 7) is 10.6. The van der Waals surface area contributed by atoms with Gasteiger partial charge in [0.15, 0.2) is 5.78 Å². The van der Waals surface area contributed by atoms with Gasteiger partial charge >= 0.3 is 0 Å². The number of benzene rings is 1. The normalized spacial score (nSPS) is 11.9. The molecule has 0 aliphatic rings. The van der Waals surface area contributed by atoms with Crippen LogP contribution in [-0.4, -0.2) is 27.2 Å². The third kappa shape index (κ3) is 4.21. The molecular weight excluding hydrogens is 280 g/mol. The summed E-state index contributed by atoms with van der Waals surface area (Å²) in [5, 5.41) is 30.6. The van der Waals surface area contributed by atoms with Crippen molar-refractivity contribution in [3.05, 3.63) is 46.6 Å². The zero-order chi connectivity index (χ0) is 17.0. The zero-order valence-corrected chi connectivity index (χ0v) is 13.6. The van der Waals surface area contributed by atoms with Crippen molar-refractivity contribution < 1.29 is 20.1 Å². The van der Waals surface area contributed by atoms with E-state index in [-0.39, 0.29) is 34.8 Å². The molecule has 1 rings (SSSR count). The zero-order valence-electron chi connectivity index (χ0n) is 13.6. The second-order valence-corrected chi connectivity index (χ2v) is 5.87. The molecule has 0 spiro atoms. The Kier molecular flexibility index (Phi) is 5.94. The van der Waals surface area contributed by atoms with Crippen LogP contribution in [0.5, 0.6) is 11.5 Å². The first-order valence-electron chi connectivity index (χ1n) is 7.19. The number of carbonyl (C=O) groups is 1. The molecule has 120 valence electrons. The van der Waals surface area contributed by atoms with Crippen LogP contribution in [0.2, 0.25) is 0 Å². The Hall–Kier alpha value is -2.07. The fourth-order valence-corrected chi connectivity index (χ4v) is 2.08. The van der Waals surface area contributed by atoms with Crippen LogP contribution in [0, 0.1) is 0 Å². The van der Waals surface area contributed by atoms with Crippen molar-refractivity contribution in [3.63, 3.8) is 0 Å². The van der Waals surface area contributed by atoms with Crippen molar-refractivity contribution >= 4 is 5.78 Å². The van der Waals surface area contributed by atoms with Crippen molar-refractivity contribution in [2.75, 3.05) is 0 Å². The van der Waals surface area contributed by atoms with Crippen molar-refractivity contribution in [2.24, 2.45) is 0 Å². The number of hydrogen-bond acceptors (Lipinski definition) is 4. The predicted octanol–water partition coefficient (Wildman–Crippen LogP) is 3.29. The van der Waals surface area contributed by atoms with Gasteiger partial charge in [-0.1, -0.05) is 23.8 Å². The van der Waals surface area contributed by atoms with E-state index < -0.39 is 6.10 Å². The maximum atomic E-state index is 11.7. The van der Waals surface area contributed by atoms with Gasteiger partial charge in [0.1, 0.15) is 11.5 Å². The Morgan fingerprint density at radius 3 is 2.27 bits per heavy atom. The van der Waals surface area contributed by atoms with Crippen LogP contribution >= 0.6 is 0 Å². The number of carbonyl (C=O) groups excluding carboxylic acids is 1. The summed E-state index contributed by atoms with van der Waals surface area (Å²) in [6.07, 6.45) is 1.49. The van der Waals surface area contributed by atoms with Gasteiger partial charge in [-0.25, -0.2) is 0 Å². The highest BCUT2D eigenvalue weighted by atomic mass is 16.3. The molecule has 0 amide bonds. The van der Waals surface area contributed by atoms with E-state index >= 15 is 0 Å². The van der Waals surface area contributed by atoms with Gasteiger partial charge in [0.2, 0.25) is 0 Å². The lowest BCUT2D eigenvalue weighted by Crippen LogP contribution is -2.13. The smallest absolute Gasteiger partial charge is 0.163 e. The van der Waals surface area contributed by atoms with Crippen LogP contribution in [0.15, 0.2) is 29.9 Å². The van der Waals surface area contributed by atoms with E-state index in [0.29, 0.717) is 17.6 Å². The molecule has 0 bridgehead atoms. The lowest BCUT2D eigenvalue weighted by molar-refractivity contribution is 0.101. The fourth-order valence-electron chi connectivity index (χ4n) is 2.08. The minimum Gasteiger partial charge on any atom is -0.507 e. The highest BCUT2D eigenvalue weighted by molar-refractivity contribution is 5.97. The standard InChI is InChI=1S/C18H24O4/c1-10(2)6-7-13-8-14(12(5)19)18(22)15(17(13)21)9-16(20)11(3)4/h6,8,16,20-22H,3,7,9H2,1-2,4-5H3. The number of hydrogen-bond donors (Lipinski definition) is 3. The average molecular weight is 304 g/mol. The Labute approximate surface area is 131 Å². The van der Waals surface area contributed by atoms with E-state index in [4.69, 9.17) is 0 Å². The summed E-state index contributed by atoms with van der Waals surface area (Å²) in [6, 6.07) is 1.50. The van der Waals surface area contributed by atoms with Crippen LogP contribution in [-0.2, 0) is 12.8 Å². The van der Waals surface area contributed by atoms with Gasteiger partial charge in [0.25, 0.3) is 0 Å². The van der Waals surface area contributed by atoms with Crippen LogP contribution in [0.4, 0.5) is 0 Å². The molecule has 4 heteroatoms. The van der Waals surface area contributed by atoms with Crippen LogP contribution in [0.25, 0.3) is 0 Å². The highest BCUT2D eigenvalue weighted by Crippen LogP contribution is 2.36. The lowest BCUT2D eigenvalue weighted by atomic mass is 9.93. The first-order chi connectivity index (χ1) is 10.1. The van der Waals surface area contributed by atoms with E-state index in [2.05, 4.69) is 6.58 Å². The molecule has 1 aromatic carbocycles. The molecule has 4 nitrogen and oxygen atoms in total.